The minimum absolute atomic E-state index is 0.140. The number of rotatable bonds is 3. The number of nitrogens with zero attached hydrogens (tertiary/aromatic N) is 2. The first-order chi connectivity index (χ1) is 9.09. The van der Waals surface area contributed by atoms with Gasteiger partial charge in [-0.3, -0.25) is 0 Å². The van der Waals surface area contributed by atoms with Crippen LogP contribution in [0.1, 0.15) is 20.8 Å². The highest BCUT2D eigenvalue weighted by Crippen LogP contribution is 2.39. The van der Waals surface area contributed by atoms with Gasteiger partial charge in [0.15, 0.2) is 5.70 Å². The lowest BCUT2D eigenvalue weighted by atomic mass is 10.3. The summed E-state index contributed by atoms with van der Waals surface area (Å²) in [5.41, 5.74) is 0.562. The Hall–Kier alpha value is -0.810. The summed E-state index contributed by atoms with van der Waals surface area (Å²) in [6.07, 6.45) is 0. The second-order valence-electron chi connectivity index (χ2n) is 4.97. The third-order valence-corrected chi connectivity index (χ3v) is 6.90. The first-order valence-electron chi connectivity index (χ1n) is 6.19. The van der Waals surface area contributed by atoms with E-state index in [2.05, 4.69) is 10.3 Å². The average Bonchev–Trinajstić information content (AvgIpc) is 2.85. The molecule has 0 aromatic rings. The highest BCUT2D eigenvalue weighted by molar-refractivity contribution is 8.06. The van der Waals surface area contributed by atoms with Gasteiger partial charge in [0.1, 0.15) is 11.7 Å². The van der Waals surface area contributed by atoms with Crippen LogP contribution in [0.5, 0.6) is 0 Å². The van der Waals surface area contributed by atoms with Crippen LogP contribution in [0.4, 0.5) is 0 Å². The van der Waals surface area contributed by atoms with Gasteiger partial charge in [-0.05, 0) is 13.8 Å². The van der Waals surface area contributed by atoms with Crippen molar-refractivity contribution >= 4 is 25.3 Å². The predicted molar refractivity (Wildman–Crippen MR) is 71.9 cm³/mol. The minimum atomic E-state index is -4.98. The summed E-state index contributed by atoms with van der Waals surface area (Å²) in [6.45, 7) is 4.81. The van der Waals surface area contributed by atoms with Crippen molar-refractivity contribution in [3.63, 3.8) is 0 Å². The first-order valence-corrected chi connectivity index (χ1v) is 9.20. The molecule has 114 valence electrons. The van der Waals surface area contributed by atoms with Crippen molar-refractivity contribution in [1.29, 1.82) is 0 Å². The number of nitrogens with one attached hydrogen (secondary N) is 1. The zero-order valence-corrected chi connectivity index (χ0v) is 13.1. The topological polar surface area (TPSA) is 116 Å². The van der Waals surface area contributed by atoms with Gasteiger partial charge < -0.3 is 9.87 Å². The Morgan fingerprint density at radius 1 is 1.30 bits per heavy atom. The molecule has 2 aliphatic rings. The lowest BCUT2D eigenvalue weighted by Crippen LogP contribution is -2.61. The molecule has 8 nitrogen and oxygen atoms in total. The molecule has 0 bridgehead atoms. The fraction of sp³-hybridized carbons (Fsp3) is 0.700. The second-order valence-corrected chi connectivity index (χ2v) is 8.58. The second kappa shape index (κ2) is 4.60. The van der Waals surface area contributed by atoms with Crippen LogP contribution in [-0.2, 0) is 20.1 Å². The van der Waals surface area contributed by atoms with E-state index in [0.717, 1.165) is 0 Å². The summed E-state index contributed by atoms with van der Waals surface area (Å²) in [7, 11) is -8.88. The van der Waals surface area contributed by atoms with E-state index >= 15 is 0 Å². The summed E-state index contributed by atoms with van der Waals surface area (Å²) in [6, 6.07) is -0.773. The highest BCUT2D eigenvalue weighted by atomic mass is 32.2. The molecule has 20 heavy (non-hydrogen) atoms. The predicted octanol–water partition coefficient (Wildman–Crippen LogP) is -0.709. The lowest BCUT2D eigenvalue weighted by Gasteiger charge is -2.39. The van der Waals surface area contributed by atoms with Crippen molar-refractivity contribution in [3.05, 3.63) is 11.4 Å². The van der Waals surface area contributed by atoms with Crippen LogP contribution in [0.3, 0.4) is 0 Å². The van der Waals surface area contributed by atoms with Gasteiger partial charge in [-0.1, -0.05) is 6.92 Å². The van der Waals surface area contributed by atoms with Crippen LogP contribution in [0.15, 0.2) is 16.4 Å². The molecule has 1 unspecified atom stereocenters. The zero-order valence-electron chi connectivity index (χ0n) is 11.5. The van der Waals surface area contributed by atoms with Gasteiger partial charge in [0, 0.05) is 6.54 Å². The van der Waals surface area contributed by atoms with E-state index in [1.807, 2.05) is 0 Å². The molecule has 0 saturated heterocycles. The molecule has 0 fully saturated rings. The number of aliphatic imine (C=N–C) groups is 1. The van der Waals surface area contributed by atoms with Gasteiger partial charge in [-0.25, -0.2) is 8.42 Å². The van der Waals surface area contributed by atoms with E-state index < -0.39 is 35.2 Å². The van der Waals surface area contributed by atoms with E-state index in [4.69, 9.17) is 0 Å². The van der Waals surface area contributed by atoms with E-state index in [1.165, 1.54) is 20.8 Å². The zero-order chi connectivity index (χ0) is 15.3. The number of hydrogen-bond acceptors (Lipinski definition) is 7. The highest BCUT2D eigenvalue weighted by Gasteiger charge is 2.59. The van der Waals surface area contributed by atoms with Crippen molar-refractivity contribution < 1.29 is 25.3 Å². The average molecular weight is 323 g/mol. The van der Waals surface area contributed by atoms with Crippen molar-refractivity contribution in [2.45, 2.75) is 26.8 Å². The van der Waals surface area contributed by atoms with Crippen molar-refractivity contribution in [2.75, 3.05) is 18.8 Å². The molecule has 0 amide bonds. The quantitative estimate of drug-likeness (QED) is 0.542. The Morgan fingerprint density at radius 3 is 2.35 bits per heavy atom. The number of sulfone groups is 1. The van der Waals surface area contributed by atoms with Gasteiger partial charge in [-0.2, -0.15) is 13.4 Å². The number of amidine groups is 1. The minimum Gasteiger partial charge on any atom is -0.701 e. The molecule has 10 heteroatoms. The fourth-order valence-corrected chi connectivity index (χ4v) is 5.69. The standard InChI is InChI=1S/C10H17N3O5S2/c1-4-19(14,15)10-12-8-5-11-6-9(8)13(10,7(2)3)20(16,17)18/h7,11H,4-6H2,1-3H3. The molecule has 0 radical (unpaired) electrons. The molecule has 0 saturated carbocycles. The molecule has 2 heterocycles. The molecular formula is C10H17N3O5S2. The third-order valence-electron chi connectivity index (χ3n) is 3.57. The Balaban J connectivity index is 2.83. The largest absolute Gasteiger partial charge is 0.701 e. The van der Waals surface area contributed by atoms with E-state index in [0.29, 0.717) is 5.70 Å². The van der Waals surface area contributed by atoms with Crippen LogP contribution in [-0.4, -0.2) is 55.3 Å². The molecule has 0 spiro atoms. The van der Waals surface area contributed by atoms with E-state index in [-0.39, 0.29) is 24.5 Å². The number of quaternary nitrogens is 1. The first kappa shape index (κ1) is 15.6. The van der Waals surface area contributed by atoms with Crippen molar-refractivity contribution in [3.8, 4) is 0 Å². The van der Waals surface area contributed by atoms with Crippen LogP contribution in [0.25, 0.3) is 0 Å². The maximum atomic E-state index is 12.2. The van der Waals surface area contributed by atoms with Crippen LogP contribution >= 0.6 is 0 Å². The Labute approximate surface area is 118 Å². The summed E-state index contributed by atoms with van der Waals surface area (Å²) in [5, 5.41) is 2.34. The lowest BCUT2D eigenvalue weighted by molar-refractivity contribution is -0.693. The Kier molecular flexibility index (Phi) is 3.58. The maximum Gasteiger partial charge on any atom is 0.341 e. The number of hydrogen-bond donors (Lipinski definition) is 1. The fourth-order valence-electron chi connectivity index (χ4n) is 2.65. The van der Waals surface area contributed by atoms with E-state index in [1.54, 1.807) is 0 Å². The van der Waals surface area contributed by atoms with Gasteiger partial charge in [0.25, 0.3) is 10.3 Å². The monoisotopic (exact) mass is 323 g/mol. The molecule has 0 aromatic carbocycles. The Bertz CT molecular complexity index is 705. The van der Waals surface area contributed by atoms with Crippen LogP contribution in [0, 0.1) is 0 Å². The summed E-state index contributed by atoms with van der Waals surface area (Å²) in [4.78, 5) is 3.97. The molecule has 2 rings (SSSR count). The summed E-state index contributed by atoms with van der Waals surface area (Å²) in [5.74, 6) is -0.304. The van der Waals surface area contributed by atoms with Crippen molar-refractivity contribution in [2.24, 2.45) is 4.99 Å². The van der Waals surface area contributed by atoms with E-state index in [9.17, 15) is 21.4 Å². The van der Waals surface area contributed by atoms with Gasteiger partial charge in [0.05, 0.1) is 12.3 Å². The van der Waals surface area contributed by atoms with Gasteiger partial charge >= 0.3 is 5.17 Å². The van der Waals surface area contributed by atoms with Crippen LogP contribution in [0.2, 0.25) is 0 Å². The molecular weight excluding hydrogens is 306 g/mol. The smallest absolute Gasteiger partial charge is 0.341 e. The maximum absolute atomic E-state index is 12.2. The summed E-state index contributed by atoms with van der Waals surface area (Å²) >= 11 is 0. The molecule has 0 aromatic heterocycles. The van der Waals surface area contributed by atoms with Crippen LogP contribution < -0.4 is 5.32 Å². The molecule has 2 aliphatic heterocycles. The SMILES string of the molecule is CCS(=O)(=O)C1=NC2=C(CNC2)[N+]1(C(C)C)S(=O)(=O)[O-]. The third kappa shape index (κ3) is 1.86. The molecule has 1 N–H and O–H groups in total. The molecule has 0 aliphatic carbocycles. The Morgan fingerprint density at radius 2 is 1.90 bits per heavy atom. The van der Waals surface area contributed by atoms with Gasteiger partial charge in [-0.15, -0.1) is 3.89 Å². The normalized spacial score (nSPS) is 27.1. The van der Waals surface area contributed by atoms with Gasteiger partial charge in [0.2, 0.25) is 9.84 Å². The molecule has 1 atom stereocenters. The van der Waals surface area contributed by atoms with Crippen molar-refractivity contribution in [1.82, 2.24) is 5.32 Å². The summed E-state index contributed by atoms with van der Waals surface area (Å²) < 4.78 is 58.9.